The number of nitrogens with zero attached hydrogens (tertiary/aromatic N) is 2. The lowest BCUT2D eigenvalue weighted by atomic mass is 10.1. The molecular weight excluding hydrogens is 248 g/mol. The first-order chi connectivity index (χ1) is 9.04. The molecule has 0 radical (unpaired) electrons. The maximum absolute atomic E-state index is 11.8. The van der Waals surface area contributed by atoms with Gasteiger partial charge in [-0.3, -0.25) is 19.5 Å². The molecule has 0 aliphatic rings. The normalized spacial score (nSPS) is 10.1. The zero-order valence-corrected chi connectivity index (χ0v) is 9.81. The van der Waals surface area contributed by atoms with Crippen molar-refractivity contribution in [3.05, 3.63) is 69.1 Å². The van der Waals surface area contributed by atoms with E-state index in [0.717, 1.165) is 0 Å². The average molecular weight is 258 g/mol. The molecule has 6 heteroatoms. The van der Waals surface area contributed by atoms with Crippen LogP contribution in [0.15, 0.2) is 47.9 Å². The molecule has 2 rings (SSSR count). The maximum atomic E-state index is 11.8. The number of hydrogen-bond donors (Lipinski definition) is 1. The van der Waals surface area contributed by atoms with E-state index in [4.69, 9.17) is 0 Å². The Morgan fingerprint density at radius 1 is 1.37 bits per heavy atom. The molecule has 0 saturated heterocycles. The van der Waals surface area contributed by atoms with Crippen LogP contribution in [0.3, 0.4) is 0 Å². The lowest BCUT2D eigenvalue weighted by Crippen LogP contribution is -2.17. The summed E-state index contributed by atoms with van der Waals surface area (Å²) in [6, 6.07) is 6.83. The third-order valence-electron chi connectivity index (χ3n) is 2.63. The quantitative estimate of drug-likeness (QED) is 0.674. The second kappa shape index (κ2) is 4.77. The average Bonchev–Trinajstić information content (AvgIpc) is 2.41. The molecule has 0 fully saturated rings. The van der Waals surface area contributed by atoms with Gasteiger partial charge in [0.25, 0.3) is 11.2 Å². The van der Waals surface area contributed by atoms with Gasteiger partial charge in [-0.25, -0.2) is 0 Å². The first kappa shape index (κ1) is 12.6. The van der Waals surface area contributed by atoms with E-state index in [9.17, 15) is 20.0 Å². The second-order valence-electron chi connectivity index (χ2n) is 3.77. The van der Waals surface area contributed by atoms with Crippen LogP contribution in [0.1, 0.15) is 5.56 Å². The number of pyridine rings is 1. The van der Waals surface area contributed by atoms with Crippen molar-refractivity contribution in [2.24, 2.45) is 0 Å². The topological polar surface area (TPSA) is 85.4 Å². The second-order valence-corrected chi connectivity index (χ2v) is 3.77. The van der Waals surface area contributed by atoms with Crippen LogP contribution in [0.5, 0.6) is 5.75 Å². The predicted octanol–water partition coefficient (Wildman–Crippen LogP) is 2.09. The van der Waals surface area contributed by atoms with E-state index in [-0.39, 0.29) is 5.69 Å². The summed E-state index contributed by atoms with van der Waals surface area (Å²) in [5.41, 5.74) is 0.162. The van der Waals surface area contributed by atoms with Crippen LogP contribution < -0.4 is 5.56 Å². The van der Waals surface area contributed by atoms with Crippen molar-refractivity contribution in [1.82, 2.24) is 4.57 Å². The van der Waals surface area contributed by atoms with E-state index in [2.05, 4.69) is 6.58 Å². The number of benzene rings is 1. The van der Waals surface area contributed by atoms with E-state index in [1.165, 1.54) is 47.2 Å². The van der Waals surface area contributed by atoms with Gasteiger partial charge in [0.2, 0.25) is 0 Å². The minimum atomic E-state index is -0.598. The van der Waals surface area contributed by atoms with Crippen molar-refractivity contribution in [3.63, 3.8) is 0 Å². The van der Waals surface area contributed by atoms with E-state index < -0.39 is 16.2 Å². The summed E-state index contributed by atoms with van der Waals surface area (Å²) in [5, 5.41) is 20.1. The van der Waals surface area contributed by atoms with Crippen molar-refractivity contribution in [3.8, 4) is 11.4 Å². The van der Waals surface area contributed by atoms with Gasteiger partial charge in [0.1, 0.15) is 0 Å². The zero-order valence-electron chi connectivity index (χ0n) is 9.81. The summed E-state index contributed by atoms with van der Waals surface area (Å²) in [4.78, 5) is 22.0. The van der Waals surface area contributed by atoms with Gasteiger partial charge >= 0.3 is 0 Å². The van der Waals surface area contributed by atoms with Gasteiger partial charge in [0.15, 0.2) is 5.75 Å². The van der Waals surface area contributed by atoms with Crippen LogP contribution in [-0.2, 0) is 0 Å². The highest BCUT2D eigenvalue weighted by Gasteiger charge is 2.12. The van der Waals surface area contributed by atoms with Crippen LogP contribution in [0, 0.1) is 10.1 Å². The molecule has 2 aromatic rings. The third-order valence-corrected chi connectivity index (χ3v) is 2.63. The zero-order chi connectivity index (χ0) is 14.0. The fourth-order valence-corrected chi connectivity index (χ4v) is 1.71. The summed E-state index contributed by atoms with van der Waals surface area (Å²) in [7, 11) is 0. The molecule has 6 nitrogen and oxygen atoms in total. The summed E-state index contributed by atoms with van der Waals surface area (Å²) in [6.07, 6.45) is 2.88. The minimum Gasteiger partial charge on any atom is -0.503 e. The largest absolute Gasteiger partial charge is 0.503 e. The molecule has 1 N–H and O–H groups in total. The first-order valence-electron chi connectivity index (χ1n) is 5.36. The number of non-ortho nitro benzene ring substituents is 1. The molecule has 0 aliphatic carbocycles. The monoisotopic (exact) mass is 258 g/mol. The number of nitro benzene ring substituents is 1. The van der Waals surface area contributed by atoms with Gasteiger partial charge in [0.05, 0.1) is 10.6 Å². The molecule has 0 aliphatic heterocycles. The molecule has 0 saturated carbocycles. The Balaban J connectivity index is 2.69. The van der Waals surface area contributed by atoms with Crippen molar-refractivity contribution in [2.45, 2.75) is 0 Å². The molecule has 0 atom stereocenters. The van der Waals surface area contributed by atoms with Crippen LogP contribution in [0.25, 0.3) is 11.8 Å². The summed E-state index contributed by atoms with van der Waals surface area (Å²) < 4.78 is 1.20. The van der Waals surface area contributed by atoms with Gasteiger partial charge in [-0.1, -0.05) is 12.7 Å². The van der Waals surface area contributed by atoms with Crippen molar-refractivity contribution >= 4 is 11.8 Å². The molecule has 0 amide bonds. The highest BCUT2D eigenvalue weighted by Crippen LogP contribution is 2.21. The lowest BCUT2D eigenvalue weighted by molar-refractivity contribution is -0.384. The van der Waals surface area contributed by atoms with Gasteiger partial charge in [-0.05, 0) is 18.2 Å². The smallest absolute Gasteiger partial charge is 0.297 e. The fourth-order valence-electron chi connectivity index (χ4n) is 1.71. The molecule has 0 spiro atoms. The van der Waals surface area contributed by atoms with Gasteiger partial charge in [-0.2, -0.15) is 0 Å². The standard InChI is InChI=1S/C13H10N2O4/c1-2-9-8-10(15(18)19)5-6-11(9)14-7-3-4-12(16)13(14)17/h2-8,16H,1H2. The van der Waals surface area contributed by atoms with Crippen LogP contribution in [0.4, 0.5) is 5.69 Å². The van der Waals surface area contributed by atoms with Gasteiger partial charge < -0.3 is 5.11 Å². The van der Waals surface area contributed by atoms with Gasteiger partial charge in [-0.15, -0.1) is 0 Å². The number of nitro groups is 1. The fraction of sp³-hybridized carbons (Fsp3) is 0. The molecule has 1 aromatic carbocycles. The number of aromatic nitrogens is 1. The van der Waals surface area contributed by atoms with Crippen molar-refractivity contribution in [1.29, 1.82) is 0 Å². The number of hydrogen-bond acceptors (Lipinski definition) is 4. The van der Waals surface area contributed by atoms with Crippen molar-refractivity contribution in [2.75, 3.05) is 0 Å². The van der Waals surface area contributed by atoms with E-state index in [0.29, 0.717) is 11.3 Å². The Kier molecular flexibility index (Phi) is 3.15. The third kappa shape index (κ3) is 2.23. The highest BCUT2D eigenvalue weighted by molar-refractivity contribution is 5.63. The van der Waals surface area contributed by atoms with Crippen LogP contribution in [0.2, 0.25) is 0 Å². The van der Waals surface area contributed by atoms with Crippen LogP contribution >= 0.6 is 0 Å². The Hall–Kier alpha value is -2.89. The Bertz CT molecular complexity index is 719. The van der Waals surface area contributed by atoms with E-state index in [1.54, 1.807) is 0 Å². The first-order valence-corrected chi connectivity index (χ1v) is 5.36. The molecule has 0 unspecified atom stereocenters. The molecule has 1 aromatic heterocycles. The van der Waals surface area contributed by atoms with E-state index >= 15 is 0 Å². The molecule has 96 valence electrons. The summed E-state index contributed by atoms with van der Waals surface area (Å²) >= 11 is 0. The summed E-state index contributed by atoms with van der Waals surface area (Å²) in [6.45, 7) is 3.57. The molecular formula is C13H10N2O4. The molecule has 19 heavy (non-hydrogen) atoms. The Morgan fingerprint density at radius 2 is 2.11 bits per heavy atom. The Morgan fingerprint density at radius 3 is 2.74 bits per heavy atom. The number of rotatable bonds is 3. The van der Waals surface area contributed by atoms with Crippen LogP contribution in [-0.4, -0.2) is 14.6 Å². The predicted molar refractivity (Wildman–Crippen MR) is 70.4 cm³/mol. The molecule has 0 bridgehead atoms. The Labute approximate surface area is 108 Å². The SMILES string of the molecule is C=Cc1cc([N+](=O)[O-])ccc1-n1cccc(O)c1=O. The van der Waals surface area contributed by atoms with Crippen molar-refractivity contribution < 1.29 is 10.0 Å². The van der Waals surface area contributed by atoms with Gasteiger partial charge in [0, 0.05) is 23.9 Å². The minimum absolute atomic E-state index is 0.0909. The maximum Gasteiger partial charge on any atom is 0.297 e. The van der Waals surface area contributed by atoms with E-state index in [1.807, 2.05) is 0 Å². The summed E-state index contributed by atoms with van der Waals surface area (Å²) in [5.74, 6) is -0.393. The lowest BCUT2D eigenvalue weighted by Gasteiger charge is -2.09. The molecule has 1 heterocycles. The highest BCUT2D eigenvalue weighted by atomic mass is 16.6. The number of aromatic hydroxyl groups is 1.